The van der Waals surface area contributed by atoms with Gasteiger partial charge in [-0.1, -0.05) is 32.3 Å². The summed E-state index contributed by atoms with van der Waals surface area (Å²) in [6, 6.07) is 7.80. The number of aliphatic hydroxyl groups excluding tert-OH is 1. The van der Waals surface area contributed by atoms with Gasteiger partial charge in [0.25, 0.3) is 15.9 Å². The van der Waals surface area contributed by atoms with Crippen LogP contribution < -0.4 is 10.1 Å². The summed E-state index contributed by atoms with van der Waals surface area (Å²) in [5, 5.41) is 14.6. The lowest BCUT2D eigenvalue weighted by Crippen LogP contribution is -2.50. The minimum atomic E-state index is -3.69. The normalized spacial score (nSPS) is 21.8. The van der Waals surface area contributed by atoms with Crippen molar-refractivity contribution in [1.29, 1.82) is 0 Å². The fourth-order valence-electron chi connectivity index (χ4n) is 5.04. The minimum absolute atomic E-state index is 0.0327. The van der Waals surface area contributed by atoms with Crippen LogP contribution >= 0.6 is 11.3 Å². The van der Waals surface area contributed by atoms with Crippen LogP contribution in [0.2, 0.25) is 0 Å². The van der Waals surface area contributed by atoms with Crippen LogP contribution in [0.4, 0.5) is 5.69 Å². The number of likely N-dealkylation sites (N-methyl/N-ethyl adjacent to an activating group) is 1. The molecule has 2 aliphatic rings. The van der Waals surface area contributed by atoms with E-state index in [1.165, 1.54) is 11.4 Å². The van der Waals surface area contributed by atoms with E-state index in [0.717, 1.165) is 43.4 Å². The highest BCUT2D eigenvalue weighted by atomic mass is 32.2. The molecule has 1 fully saturated rings. The van der Waals surface area contributed by atoms with Gasteiger partial charge in [-0.2, -0.15) is 4.31 Å². The second kappa shape index (κ2) is 12.1. The summed E-state index contributed by atoms with van der Waals surface area (Å²) in [6.45, 7) is 3.81. The van der Waals surface area contributed by atoms with Crippen LogP contribution in [0.3, 0.4) is 0 Å². The third-order valence-electron chi connectivity index (χ3n) is 7.50. The SMILES string of the molecule is C[C@H]1CN([C@@H](C)CO)C(=O)c2cc(NC(=O)C3CCCCC3)ccc2O[C@@H]1CN(C)S(=O)(=O)c1cccs1. The Morgan fingerprint density at radius 3 is 2.66 bits per heavy atom. The molecule has 1 aromatic carbocycles. The molecule has 0 saturated heterocycles. The molecule has 2 aromatic rings. The molecule has 0 spiro atoms. The topological polar surface area (TPSA) is 116 Å². The molecule has 1 aromatic heterocycles. The van der Waals surface area contributed by atoms with E-state index in [-0.39, 0.29) is 53.1 Å². The Balaban J connectivity index is 1.62. The summed E-state index contributed by atoms with van der Waals surface area (Å²) in [5.74, 6) is -0.293. The van der Waals surface area contributed by atoms with Crippen molar-refractivity contribution in [3.63, 3.8) is 0 Å². The first-order chi connectivity index (χ1) is 18.1. The smallest absolute Gasteiger partial charge is 0.258 e. The number of sulfonamides is 1. The highest BCUT2D eigenvalue weighted by Gasteiger charge is 2.35. The van der Waals surface area contributed by atoms with E-state index < -0.39 is 22.2 Å². The molecule has 11 heteroatoms. The van der Waals surface area contributed by atoms with Gasteiger partial charge in [-0.05, 0) is 49.4 Å². The number of carbonyl (C=O) groups excluding carboxylic acids is 2. The molecule has 0 unspecified atom stereocenters. The van der Waals surface area contributed by atoms with Crippen molar-refractivity contribution in [2.75, 3.05) is 32.1 Å². The number of amides is 2. The van der Waals surface area contributed by atoms with Crippen molar-refractivity contribution >= 4 is 38.9 Å². The van der Waals surface area contributed by atoms with Gasteiger partial charge in [-0.15, -0.1) is 11.3 Å². The number of carbonyl (C=O) groups is 2. The molecule has 4 rings (SSSR count). The van der Waals surface area contributed by atoms with Gasteiger partial charge in [0.2, 0.25) is 5.91 Å². The number of ether oxygens (including phenoxy) is 1. The third-order valence-corrected chi connectivity index (χ3v) is 10.7. The Bertz CT molecular complexity index is 1230. The molecular weight excluding hydrogens is 526 g/mol. The molecule has 2 heterocycles. The maximum Gasteiger partial charge on any atom is 0.258 e. The van der Waals surface area contributed by atoms with E-state index in [2.05, 4.69) is 5.32 Å². The Labute approximate surface area is 228 Å². The van der Waals surface area contributed by atoms with Crippen molar-refractivity contribution < 1.29 is 27.9 Å². The summed E-state index contributed by atoms with van der Waals surface area (Å²) in [6.07, 6.45) is 4.40. The second-order valence-electron chi connectivity index (χ2n) is 10.4. The minimum Gasteiger partial charge on any atom is -0.488 e. The molecule has 1 aliphatic heterocycles. The van der Waals surface area contributed by atoms with Crippen LogP contribution in [-0.4, -0.2) is 73.4 Å². The molecule has 1 aliphatic carbocycles. The number of rotatable bonds is 8. The number of thiophene rings is 1. The lowest BCUT2D eigenvalue weighted by atomic mass is 9.88. The third kappa shape index (κ3) is 6.22. The van der Waals surface area contributed by atoms with E-state index in [1.807, 2.05) is 6.92 Å². The standard InChI is InChI=1S/C27H37N3O6S2/c1-18-15-30(19(2)17-31)27(33)22-14-21(28-26(32)20-8-5-4-6-9-20)11-12-23(22)36-24(18)16-29(3)38(34,35)25-10-7-13-37-25/h7,10-14,18-20,24,31H,4-6,8-9,15-17H2,1-3H3,(H,28,32)/t18-,19-,24+/m0/s1. The van der Waals surface area contributed by atoms with Crippen LogP contribution in [0, 0.1) is 11.8 Å². The number of fused-ring (bicyclic) bond motifs is 1. The van der Waals surface area contributed by atoms with E-state index in [1.54, 1.807) is 47.5 Å². The molecule has 3 atom stereocenters. The summed E-state index contributed by atoms with van der Waals surface area (Å²) in [5.41, 5.74) is 0.780. The molecule has 38 heavy (non-hydrogen) atoms. The average molecular weight is 564 g/mol. The number of nitrogens with one attached hydrogen (secondary N) is 1. The first kappa shape index (κ1) is 28.5. The number of hydrogen-bond acceptors (Lipinski definition) is 7. The quantitative estimate of drug-likeness (QED) is 0.505. The molecule has 9 nitrogen and oxygen atoms in total. The first-order valence-corrected chi connectivity index (χ1v) is 15.5. The number of hydrogen-bond donors (Lipinski definition) is 2. The first-order valence-electron chi connectivity index (χ1n) is 13.1. The Morgan fingerprint density at radius 2 is 2.00 bits per heavy atom. The molecule has 2 N–H and O–H groups in total. The zero-order valence-electron chi connectivity index (χ0n) is 22.1. The van der Waals surface area contributed by atoms with Crippen molar-refractivity contribution in [2.45, 2.75) is 62.3 Å². The predicted molar refractivity (Wildman–Crippen MR) is 147 cm³/mol. The van der Waals surface area contributed by atoms with Gasteiger partial charge < -0.3 is 20.1 Å². The Morgan fingerprint density at radius 1 is 1.26 bits per heavy atom. The molecule has 0 bridgehead atoms. The monoisotopic (exact) mass is 563 g/mol. The zero-order chi connectivity index (χ0) is 27.4. The Hall–Kier alpha value is -2.47. The summed E-state index contributed by atoms with van der Waals surface area (Å²) in [7, 11) is -2.17. The van der Waals surface area contributed by atoms with Gasteiger partial charge in [0.05, 0.1) is 24.8 Å². The summed E-state index contributed by atoms with van der Waals surface area (Å²) in [4.78, 5) is 28.1. The van der Waals surface area contributed by atoms with Crippen LogP contribution in [0.1, 0.15) is 56.3 Å². The maximum absolute atomic E-state index is 13.6. The largest absolute Gasteiger partial charge is 0.488 e. The fraction of sp³-hybridized carbons (Fsp3) is 0.556. The van der Waals surface area contributed by atoms with Crippen molar-refractivity contribution in [3.05, 3.63) is 41.3 Å². The van der Waals surface area contributed by atoms with Gasteiger partial charge in [0.15, 0.2) is 0 Å². The number of nitrogens with zero attached hydrogens (tertiary/aromatic N) is 2. The Kier molecular flexibility index (Phi) is 9.12. The van der Waals surface area contributed by atoms with E-state index in [4.69, 9.17) is 4.74 Å². The highest BCUT2D eigenvalue weighted by molar-refractivity contribution is 7.91. The second-order valence-corrected chi connectivity index (χ2v) is 13.6. The lowest BCUT2D eigenvalue weighted by molar-refractivity contribution is -0.120. The maximum atomic E-state index is 13.6. The van der Waals surface area contributed by atoms with Crippen LogP contribution in [0.5, 0.6) is 5.75 Å². The number of anilines is 1. The van der Waals surface area contributed by atoms with Crippen molar-refractivity contribution in [1.82, 2.24) is 9.21 Å². The highest BCUT2D eigenvalue weighted by Crippen LogP contribution is 2.32. The molecule has 208 valence electrons. The predicted octanol–water partition coefficient (Wildman–Crippen LogP) is 3.81. The van der Waals surface area contributed by atoms with Gasteiger partial charge in [-0.25, -0.2) is 8.42 Å². The lowest BCUT2D eigenvalue weighted by Gasteiger charge is -2.38. The number of aliphatic hydroxyl groups is 1. The molecular formula is C27H37N3O6S2. The molecule has 2 amide bonds. The average Bonchev–Trinajstić information content (AvgIpc) is 3.47. The molecule has 0 radical (unpaired) electrons. The van der Waals surface area contributed by atoms with Gasteiger partial charge >= 0.3 is 0 Å². The fourth-order valence-corrected chi connectivity index (χ4v) is 7.43. The van der Waals surface area contributed by atoms with E-state index >= 15 is 0 Å². The van der Waals surface area contributed by atoms with Gasteiger partial charge in [0.1, 0.15) is 16.1 Å². The summed E-state index contributed by atoms with van der Waals surface area (Å²) >= 11 is 1.16. The van der Waals surface area contributed by atoms with Gasteiger partial charge in [0, 0.05) is 31.1 Å². The van der Waals surface area contributed by atoms with Crippen molar-refractivity contribution in [2.24, 2.45) is 11.8 Å². The van der Waals surface area contributed by atoms with Crippen LogP contribution in [0.15, 0.2) is 39.9 Å². The number of benzene rings is 1. The summed E-state index contributed by atoms with van der Waals surface area (Å²) < 4.78 is 34.0. The van der Waals surface area contributed by atoms with Gasteiger partial charge in [-0.3, -0.25) is 9.59 Å². The van der Waals surface area contributed by atoms with E-state index in [9.17, 15) is 23.1 Å². The van der Waals surface area contributed by atoms with E-state index in [0.29, 0.717) is 11.4 Å². The van der Waals surface area contributed by atoms with Crippen molar-refractivity contribution in [3.8, 4) is 5.75 Å². The van der Waals surface area contributed by atoms with Crippen LogP contribution in [-0.2, 0) is 14.8 Å². The molecule has 1 saturated carbocycles. The zero-order valence-corrected chi connectivity index (χ0v) is 23.8. The van der Waals surface area contributed by atoms with Crippen LogP contribution in [0.25, 0.3) is 0 Å².